The molecule has 0 atom stereocenters. The molecule has 0 fully saturated rings. The van der Waals surface area contributed by atoms with Gasteiger partial charge >= 0.3 is 12.1 Å². The lowest BCUT2D eigenvalue weighted by Gasteiger charge is -2.12. The van der Waals surface area contributed by atoms with Crippen LogP contribution in [0.1, 0.15) is 6.42 Å². The van der Waals surface area contributed by atoms with Crippen molar-refractivity contribution in [3.05, 3.63) is 12.2 Å². The van der Waals surface area contributed by atoms with Crippen LogP contribution >= 0.6 is 0 Å². The van der Waals surface area contributed by atoms with E-state index in [1.54, 1.807) is 0 Å². The Hall–Kier alpha value is -2.38. The number of hydrogen-bond donors (Lipinski definition) is 1. The lowest BCUT2D eigenvalue weighted by Crippen LogP contribution is -2.32. The molecule has 0 aromatic carbocycles. The van der Waals surface area contributed by atoms with Crippen LogP contribution in [0.2, 0.25) is 0 Å². The molecule has 0 aromatic rings. The minimum Gasteiger partial charge on any atom is -0.428 e. The maximum Gasteiger partial charge on any atom is 0.409 e. The average Bonchev–Trinajstić information content (AvgIpc) is 2.66. The molecule has 1 aliphatic rings. The standard InChI is InChI=1S/C10H12N2O6/c1-11-10(16)18-6-17-9(15)4-5-12-7(13)2-3-8(12)14/h2-3H,4-6H2,1H3,(H,11,16). The number of carbonyl (C=O) groups is 4. The lowest BCUT2D eigenvalue weighted by molar-refractivity contribution is -0.152. The summed E-state index contributed by atoms with van der Waals surface area (Å²) in [4.78, 5) is 45.0. The van der Waals surface area contributed by atoms with E-state index in [0.29, 0.717) is 0 Å². The molecule has 0 radical (unpaired) electrons. The van der Waals surface area contributed by atoms with E-state index in [-0.39, 0.29) is 13.0 Å². The number of imide groups is 1. The Kier molecular flexibility index (Phi) is 4.85. The average molecular weight is 256 g/mol. The number of amides is 3. The van der Waals surface area contributed by atoms with Gasteiger partial charge in [-0.3, -0.25) is 19.3 Å². The number of carbonyl (C=O) groups excluding carboxylic acids is 4. The van der Waals surface area contributed by atoms with Gasteiger partial charge in [0.2, 0.25) is 6.79 Å². The first-order chi connectivity index (χ1) is 8.54. The zero-order valence-corrected chi connectivity index (χ0v) is 9.67. The molecule has 0 bridgehead atoms. The molecule has 8 nitrogen and oxygen atoms in total. The number of rotatable bonds is 5. The van der Waals surface area contributed by atoms with Crippen LogP contribution in [0.3, 0.4) is 0 Å². The molecule has 0 saturated carbocycles. The van der Waals surface area contributed by atoms with E-state index in [0.717, 1.165) is 17.1 Å². The molecule has 0 unspecified atom stereocenters. The van der Waals surface area contributed by atoms with E-state index in [4.69, 9.17) is 0 Å². The lowest BCUT2D eigenvalue weighted by atomic mass is 10.4. The fourth-order valence-corrected chi connectivity index (χ4v) is 1.15. The summed E-state index contributed by atoms with van der Waals surface area (Å²) in [5.41, 5.74) is 0. The second-order valence-electron chi connectivity index (χ2n) is 3.23. The molecule has 98 valence electrons. The van der Waals surface area contributed by atoms with E-state index in [2.05, 4.69) is 14.8 Å². The number of hydrogen-bond acceptors (Lipinski definition) is 6. The van der Waals surface area contributed by atoms with Crippen molar-refractivity contribution in [3.8, 4) is 0 Å². The van der Waals surface area contributed by atoms with Crippen LogP contribution in [0.15, 0.2) is 12.2 Å². The number of nitrogens with one attached hydrogen (secondary N) is 1. The largest absolute Gasteiger partial charge is 0.428 e. The van der Waals surface area contributed by atoms with Gasteiger partial charge in [-0.15, -0.1) is 0 Å². The Morgan fingerprint density at radius 3 is 2.39 bits per heavy atom. The van der Waals surface area contributed by atoms with Crippen LogP contribution in [0.4, 0.5) is 4.79 Å². The topological polar surface area (TPSA) is 102 Å². The molecule has 1 heterocycles. The number of nitrogens with zero attached hydrogens (tertiary/aromatic N) is 1. The van der Waals surface area contributed by atoms with Crippen molar-refractivity contribution in [3.63, 3.8) is 0 Å². The van der Waals surface area contributed by atoms with E-state index >= 15 is 0 Å². The molecule has 0 saturated heterocycles. The Balaban J connectivity index is 2.19. The molecular formula is C10H12N2O6. The van der Waals surface area contributed by atoms with Crippen LogP contribution in [0.5, 0.6) is 0 Å². The minimum absolute atomic E-state index is 0.0660. The van der Waals surface area contributed by atoms with Crippen LogP contribution < -0.4 is 5.32 Å². The van der Waals surface area contributed by atoms with Crippen molar-refractivity contribution < 1.29 is 28.7 Å². The van der Waals surface area contributed by atoms with Crippen molar-refractivity contribution in [2.45, 2.75) is 6.42 Å². The summed E-state index contributed by atoms with van der Waals surface area (Å²) in [6, 6.07) is 0. The Morgan fingerprint density at radius 1 is 1.22 bits per heavy atom. The smallest absolute Gasteiger partial charge is 0.409 e. The third-order valence-electron chi connectivity index (χ3n) is 2.05. The first-order valence-corrected chi connectivity index (χ1v) is 5.08. The van der Waals surface area contributed by atoms with Gasteiger partial charge in [-0.05, 0) is 0 Å². The van der Waals surface area contributed by atoms with Crippen molar-refractivity contribution in [2.24, 2.45) is 0 Å². The molecule has 0 aromatic heterocycles. The maximum absolute atomic E-state index is 11.2. The highest BCUT2D eigenvalue weighted by Gasteiger charge is 2.23. The van der Waals surface area contributed by atoms with Gasteiger partial charge in [-0.25, -0.2) is 4.79 Å². The van der Waals surface area contributed by atoms with E-state index in [9.17, 15) is 19.2 Å². The second kappa shape index (κ2) is 6.38. The quantitative estimate of drug-likeness (QED) is 0.391. The molecule has 8 heteroatoms. The van der Waals surface area contributed by atoms with Gasteiger partial charge in [0.1, 0.15) is 0 Å². The number of alkyl carbamates (subject to hydrolysis) is 1. The molecule has 1 N–H and O–H groups in total. The van der Waals surface area contributed by atoms with Gasteiger partial charge in [0.15, 0.2) is 0 Å². The summed E-state index contributed by atoms with van der Waals surface area (Å²) in [6.07, 6.45) is 1.37. The third kappa shape index (κ3) is 3.89. The zero-order valence-electron chi connectivity index (χ0n) is 9.67. The summed E-state index contributed by atoms with van der Waals surface area (Å²) in [5.74, 6) is -1.60. The number of esters is 1. The van der Waals surface area contributed by atoms with Gasteiger partial charge in [0.25, 0.3) is 11.8 Å². The van der Waals surface area contributed by atoms with Gasteiger partial charge in [0, 0.05) is 25.7 Å². The normalized spacial score (nSPS) is 13.7. The molecule has 18 heavy (non-hydrogen) atoms. The van der Waals surface area contributed by atoms with Crippen LogP contribution in [-0.2, 0) is 23.9 Å². The molecule has 1 rings (SSSR count). The van der Waals surface area contributed by atoms with Crippen molar-refractivity contribution >= 4 is 23.9 Å². The predicted molar refractivity (Wildman–Crippen MR) is 57.0 cm³/mol. The third-order valence-corrected chi connectivity index (χ3v) is 2.05. The fourth-order valence-electron chi connectivity index (χ4n) is 1.15. The van der Waals surface area contributed by atoms with Crippen LogP contribution in [-0.4, -0.2) is 49.2 Å². The monoisotopic (exact) mass is 256 g/mol. The highest BCUT2D eigenvalue weighted by Crippen LogP contribution is 2.04. The van der Waals surface area contributed by atoms with Crippen LogP contribution in [0, 0.1) is 0 Å². The van der Waals surface area contributed by atoms with E-state index < -0.39 is 30.7 Å². The molecule has 0 aliphatic carbocycles. The van der Waals surface area contributed by atoms with Crippen molar-refractivity contribution in [1.29, 1.82) is 0 Å². The maximum atomic E-state index is 11.2. The zero-order chi connectivity index (χ0) is 13.5. The van der Waals surface area contributed by atoms with Crippen molar-refractivity contribution in [1.82, 2.24) is 10.2 Å². The first-order valence-electron chi connectivity index (χ1n) is 5.08. The predicted octanol–water partition coefficient (Wildman–Crippen LogP) is -0.842. The minimum atomic E-state index is -0.725. The molecular weight excluding hydrogens is 244 g/mol. The number of ether oxygens (including phenoxy) is 2. The summed E-state index contributed by atoms with van der Waals surface area (Å²) >= 11 is 0. The first kappa shape index (κ1) is 13.7. The molecule has 0 spiro atoms. The Bertz CT molecular complexity index is 385. The molecule has 3 amide bonds. The van der Waals surface area contributed by atoms with E-state index in [1.165, 1.54) is 7.05 Å². The second-order valence-corrected chi connectivity index (χ2v) is 3.23. The van der Waals surface area contributed by atoms with Crippen molar-refractivity contribution in [2.75, 3.05) is 20.4 Å². The fraction of sp³-hybridized carbons (Fsp3) is 0.400. The summed E-state index contributed by atoms with van der Waals surface area (Å²) in [5, 5.41) is 2.17. The van der Waals surface area contributed by atoms with Gasteiger partial charge < -0.3 is 14.8 Å². The highest BCUT2D eigenvalue weighted by molar-refractivity contribution is 6.12. The summed E-state index contributed by atoms with van der Waals surface area (Å²) in [7, 11) is 1.36. The van der Waals surface area contributed by atoms with Crippen LogP contribution in [0.25, 0.3) is 0 Å². The summed E-state index contributed by atoms with van der Waals surface area (Å²) in [6.45, 7) is -0.581. The van der Waals surface area contributed by atoms with Gasteiger partial charge in [-0.2, -0.15) is 0 Å². The van der Waals surface area contributed by atoms with Gasteiger partial charge in [0.05, 0.1) is 6.42 Å². The summed E-state index contributed by atoms with van der Waals surface area (Å²) < 4.78 is 8.98. The Labute approximate surface area is 103 Å². The SMILES string of the molecule is CNC(=O)OCOC(=O)CCN1C(=O)C=CC1=O. The highest BCUT2D eigenvalue weighted by atomic mass is 16.7. The van der Waals surface area contributed by atoms with E-state index in [1.807, 2.05) is 0 Å². The molecule has 1 aliphatic heterocycles. The van der Waals surface area contributed by atoms with Gasteiger partial charge in [-0.1, -0.05) is 0 Å². The Morgan fingerprint density at radius 2 is 1.83 bits per heavy atom.